The molecule has 0 bridgehead atoms. The molecule has 0 spiro atoms. The van der Waals surface area contributed by atoms with Crippen molar-refractivity contribution in [1.29, 1.82) is 7.16 Å². The lowest BCUT2D eigenvalue weighted by Crippen LogP contribution is -2.60. The third-order valence-corrected chi connectivity index (χ3v) is 11.0. The van der Waals surface area contributed by atoms with Gasteiger partial charge < -0.3 is 63.8 Å². The normalized spacial score (nSPS) is 58.6. The van der Waals surface area contributed by atoms with E-state index in [-0.39, 0.29) is 19.3 Å². The first-order valence-corrected chi connectivity index (χ1v) is 18.2. The summed E-state index contributed by atoms with van der Waals surface area (Å²) in [6, 6.07) is -2.77. The minimum Gasteiger partial charge on any atom is -0.459 e. The van der Waals surface area contributed by atoms with E-state index in [1.165, 1.54) is 48.7 Å². The number of cyclic esters (lactones) is 1. The summed E-state index contributed by atoms with van der Waals surface area (Å²) in [5.41, 5.74) is -6.11. The lowest BCUT2D eigenvalue weighted by atomic mass is 9.77. The van der Waals surface area contributed by atoms with Gasteiger partial charge in [0.05, 0.1) is 45.6 Å². The van der Waals surface area contributed by atoms with Gasteiger partial charge in [-0.1, -0.05) is 20.8 Å². The van der Waals surface area contributed by atoms with Crippen LogP contribution in [0.15, 0.2) is 0 Å². The summed E-state index contributed by atoms with van der Waals surface area (Å²) in [5.74, 6) is -5.16. The van der Waals surface area contributed by atoms with Gasteiger partial charge in [-0.2, -0.15) is 0 Å². The predicted molar refractivity (Wildman–Crippen MR) is 194 cm³/mol. The number of likely N-dealkylation sites (N-methyl/N-ethyl adjacent to an activating group) is 2. The Morgan fingerprint density at radius 1 is 1.04 bits per heavy atom. The van der Waals surface area contributed by atoms with Crippen LogP contribution in [0.4, 0.5) is 0 Å². The summed E-state index contributed by atoms with van der Waals surface area (Å²) in [6.07, 6.45) is -17.6. The van der Waals surface area contributed by atoms with Crippen LogP contribution in [0.25, 0.3) is 0 Å². The molecular weight excluding hydrogens is 676 g/mol. The third-order valence-electron chi connectivity index (χ3n) is 11.0. The summed E-state index contributed by atoms with van der Waals surface area (Å²) < 4.78 is 151. The van der Waals surface area contributed by atoms with Gasteiger partial charge in [0.1, 0.15) is 29.9 Å². The molecule has 0 amide bonds. The lowest BCUT2D eigenvalue weighted by Gasteiger charge is -2.48. The van der Waals surface area contributed by atoms with Crippen molar-refractivity contribution in [3.8, 4) is 0 Å². The fraction of sp³-hybridized carbons (Fsp3) is 0.974. The Morgan fingerprint density at radius 2 is 1.75 bits per heavy atom. The highest BCUT2D eigenvalue weighted by atomic mass is 16.7. The average Bonchev–Trinajstić information content (AvgIpc) is 3.23. The number of nitrogens with zero attached hydrogens (tertiary/aromatic N) is 2. The van der Waals surface area contributed by atoms with Crippen molar-refractivity contribution >= 4 is 5.97 Å². The monoisotopic (exact) mass is 762 g/mol. The second kappa shape index (κ2) is 17.8. The number of aliphatic hydroxyl groups is 5. The number of carbonyl (C=O) groups is 1. The molecule has 0 aromatic rings. The highest BCUT2D eigenvalue weighted by molar-refractivity contribution is 5.73. The van der Waals surface area contributed by atoms with Gasteiger partial charge >= 0.3 is 5.97 Å². The molecule has 52 heavy (non-hydrogen) atoms. The Bertz CT molecular complexity index is 1590. The predicted octanol–water partition coefficient (Wildman–Crippen LogP) is 1.90. The molecule has 14 nitrogen and oxygen atoms in total. The second-order valence-corrected chi connectivity index (χ2v) is 15.8. The quantitative estimate of drug-likeness (QED) is 0.182. The van der Waals surface area contributed by atoms with Crippen LogP contribution in [0.5, 0.6) is 0 Å². The Labute approximate surface area is 330 Å². The molecule has 3 rings (SSSR count). The maximum atomic E-state index is 14.7. The van der Waals surface area contributed by atoms with Gasteiger partial charge in [0.2, 0.25) is 7.16 Å². The van der Waals surface area contributed by atoms with E-state index in [0.717, 1.165) is 13.8 Å². The van der Waals surface area contributed by atoms with Crippen LogP contribution in [0, 0.1) is 17.8 Å². The molecule has 3 heterocycles. The zero-order chi connectivity index (χ0) is 50.3. The topological polar surface area (TPSA) is 180 Å². The molecule has 18 atom stereocenters. The molecule has 0 saturated carbocycles. The van der Waals surface area contributed by atoms with Crippen LogP contribution < -0.4 is 0 Å². The first-order chi connectivity index (χ1) is 29.7. The minimum atomic E-state index is -3.37. The van der Waals surface area contributed by atoms with E-state index < -0.39 is 134 Å². The van der Waals surface area contributed by atoms with E-state index >= 15 is 0 Å². The van der Waals surface area contributed by atoms with Gasteiger partial charge in [-0.25, -0.2) is 0 Å². The number of hydrogen-bond acceptors (Lipinski definition) is 14. The number of hydrogen-bond donors (Lipinski definition) is 5. The van der Waals surface area contributed by atoms with E-state index in [4.69, 9.17) is 66.6 Å². The summed E-state index contributed by atoms with van der Waals surface area (Å²) in [7, 11) is 4.67. The van der Waals surface area contributed by atoms with Gasteiger partial charge in [-0.3, -0.25) is 4.79 Å². The molecule has 3 fully saturated rings. The van der Waals surface area contributed by atoms with Gasteiger partial charge in [-0.05, 0) is 94.7 Å². The van der Waals surface area contributed by atoms with Gasteiger partial charge in [0.15, 0.2) is 12.6 Å². The summed E-state index contributed by atoms with van der Waals surface area (Å²) in [6.45, 7) is 7.75. The van der Waals surface area contributed by atoms with Crippen LogP contribution in [0.2, 0.25) is 0 Å². The largest absolute Gasteiger partial charge is 0.459 e. The highest BCUT2D eigenvalue weighted by Gasteiger charge is 2.52. The number of rotatable bonds is 12. The van der Waals surface area contributed by atoms with Crippen molar-refractivity contribution in [3.05, 3.63) is 0 Å². The highest BCUT2D eigenvalue weighted by Crippen LogP contribution is 2.40. The molecule has 14 heteroatoms. The van der Waals surface area contributed by atoms with Crippen LogP contribution in [0.1, 0.15) is 106 Å². The molecule has 0 aromatic carbocycles. The molecule has 3 aliphatic heterocycles. The molecule has 3 saturated heterocycles. The summed E-state index contributed by atoms with van der Waals surface area (Å²) in [4.78, 5) is 16.7. The van der Waals surface area contributed by atoms with Gasteiger partial charge in [-0.15, -0.1) is 0 Å². The van der Waals surface area contributed by atoms with Gasteiger partial charge in [0.25, 0.3) is 0 Å². The fourth-order valence-electron chi connectivity index (χ4n) is 7.71. The number of methoxy groups -OCH3 is 1. The van der Waals surface area contributed by atoms with Crippen molar-refractivity contribution < 1.29 is 69.7 Å². The Kier molecular flexibility index (Phi) is 10.0. The number of carbonyl (C=O) groups excluding carboxylic acids is 1. The molecule has 306 valence electrons. The molecular formula is C38H72N2O12. The van der Waals surface area contributed by atoms with Crippen LogP contribution in [0.3, 0.4) is 0 Å². The molecule has 5 N–H and O–H groups in total. The number of ether oxygens (including phenoxy) is 6. The third kappa shape index (κ3) is 10.0. The first kappa shape index (κ1) is 29.3. The smallest absolute Gasteiger partial charge is 0.311 e. The maximum Gasteiger partial charge on any atom is 0.311 e. The van der Waals surface area contributed by atoms with Crippen LogP contribution >= 0.6 is 0 Å². The molecule has 0 aromatic heterocycles. The number of esters is 1. The van der Waals surface area contributed by atoms with Crippen molar-refractivity contribution in [2.24, 2.45) is 17.8 Å². The fourth-order valence-corrected chi connectivity index (χ4v) is 7.71. The van der Waals surface area contributed by atoms with E-state index in [1.54, 1.807) is 32.8 Å². The first-order valence-electron chi connectivity index (χ1n) is 24.3. The minimum absolute atomic E-state index is 0.198. The van der Waals surface area contributed by atoms with Crippen LogP contribution in [-0.2, 0) is 33.2 Å². The van der Waals surface area contributed by atoms with E-state index in [1.807, 2.05) is 0 Å². The van der Waals surface area contributed by atoms with Crippen molar-refractivity contribution in [2.75, 3.05) is 34.7 Å². The van der Waals surface area contributed by atoms with Crippen LogP contribution in [-0.4, -0.2) is 173 Å². The van der Waals surface area contributed by atoms with E-state index in [9.17, 15) is 10.3 Å². The molecule has 0 radical (unpaired) electrons. The SMILES string of the molecule is [2H]O[C@@]1([2H])[C@H](O[C@@H]2[C@@H](C)[C@H](O[C@H]3C[C@@](C)(OC)[C@@]([2H])(O[2H])[C@H](C)O3)[C@@H](C)C(=O)O[C@H](CC)[C@@](C)(O[2H])[C@]([2H])(O[2H])[C@@H](C)N(C([2H])([2H])[2H])C([2H])([2H])[C@H](C)C[C@@]2(C)O[2H])O[C@H](C)C[C@@H]1N(C)C. The molecule has 0 unspecified atom stereocenters. The Hall–Kier alpha value is -1.01. The standard InChI is InChI=1S/C38H72N2O12/c1-15-27-38(10,46)31(42)24(6)40(13)19-20(2)17-36(8,45)33(52-35-29(41)26(39(11)12)16-21(3)48-35)22(4)30(23(5)34(44)50-27)51-28-18-37(9,47-14)32(43)25(7)49-28/h20-33,35,41-43,45-46H,15-19H2,1-14H3/t20-,21-,22+,23-,24-,25+,26+,27-,28+,29-,30+,31-,32+,33-,35+,36-,37-,38-/m1/s1/i13D3,19D2,29D,31D,32D,41D,42D,43D,45D,46D. The van der Waals surface area contributed by atoms with Crippen molar-refractivity contribution in [1.82, 2.24) is 9.80 Å². The van der Waals surface area contributed by atoms with Crippen molar-refractivity contribution in [3.63, 3.8) is 0 Å². The summed E-state index contributed by atoms with van der Waals surface area (Å²) in [5, 5.41) is 25.5. The zero-order valence-corrected chi connectivity index (χ0v) is 33.1. The molecule has 0 aliphatic carbocycles. The molecule has 3 aliphatic rings. The zero-order valence-electron chi connectivity index (χ0n) is 46.1. The van der Waals surface area contributed by atoms with Gasteiger partial charge in [0, 0.05) is 44.9 Å². The second-order valence-electron chi connectivity index (χ2n) is 15.8. The van der Waals surface area contributed by atoms with E-state index in [0.29, 0.717) is 4.90 Å². The maximum absolute atomic E-state index is 14.7. The lowest BCUT2D eigenvalue weighted by molar-refractivity contribution is -0.318. The Morgan fingerprint density at radius 3 is 2.31 bits per heavy atom. The Balaban J connectivity index is 2.49. The van der Waals surface area contributed by atoms with E-state index in [2.05, 4.69) is 0 Å². The average molecular weight is 762 g/mol. The summed E-state index contributed by atoms with van der Waals surface area (Å²) >= 11 is 0. The van der Waals surface area contributed by atoms with Crippen molar-refractivity contribution in [2.45, 2.75) is 185 Å².